The molecule has 0 N–H and O–H groups in total. The van der Waals surface area contributed by atoms with E-state index in [0.29, 0.717) is 17.2 Å². The van der Waals surface area contributed by atoms with Crippen molar-refractivity contribution in [2.24, 2.45) is 0 Å². The Morgan fingerprint density at radius 1 is 0.861 bits per heavy atom. The maximum absolute atomic E-state index is 14.3. The molecule has 0 fully saturated rings. The molecule has 0 radical (unpaired) electrons. The van der Waals surface area contributed by atoms with E-state index in [1.807, 2.05) is 84.9 Å². The summed E-state index contributed by atoms with van der Waals surface area (Å²) in [5.74, 6) is -0.120. The fourth-order valence-corrected chi connectivity index (χ4v) is 5.35. The number of aryl methyl sites for hydroxylation is 1. The number of fused-ring (bicyclic) bond motifs is 2. The van der Waals surface area contributed by atoms with Crippen LogP contribution < -0.4 is 4.90 Å². The van der Waals surface area contributed by atoms with Gasteiger partial charge in [-0.3, -0.25) is 14.7 Å². The molecule has 0 atom stereocenters. The number of thiazole rings is 1. The number of carbonyl (C=O) groups excluding carboxylic acids is 1. The van der Waals surface area contributed by atoms with Crippen LogP contribution in [0.1, 0.15) is 21.5 Å². The average molecular weight is 487 g/mol. The minimum atomic E-state index is -0.120. The zero-order chi connectivity index (χ0) is 24.5. The lowest BCUT2D eigenvalue weighted by molar-refractivity contribution is 0.0986. The number of anilines is 1. The summed E-state index contributed by atoms with van der Waals surface area (Å²) >= 11 is 1.53. The summed E-state index contributed by atoms with van der Waals surface area (Å²) in [6, 6.07) is 29.7. The second-order valence-corrected chi connectivity index (χ2v) is 9.67. The van der Waals surface area contributed by atoms with Gasteiger partial charge < -0.3 is 0 Å². The van der Waals surface area contributed by atoms with Crippen molar-refractivity contribution in [3.05, 3.63) is 120 Å². The first-order valence-corrected chi connectivity index (χ1v) is 12.5. The summed E-state index contributed by atoms with van der Waals surface area (Å²) in [6.45, 7) is 2.43. The van der Waals surface area contributed by atoms with Crippen molar-refractivity contribution in [1.82, 2.24) is 15.0 Å². The number of hydrogen-bond acceptors (Lipinski definition) is 5. The van der Waals surface area contributed by atoms with Gasteiger partial charge in [0, 0.05) is 23.3 Å². The molecular weight excluding hydrogens is 464 g/mol. The van der Waals surface area contributed by atoms with Crippen molar-refractivity contribution in [3.8, 4) is 11.3 Å². The minimum Gasteiger partial charge on any atom is -0.279 e. The number of amides is 1. The topological polar surface area (TPSA) is 59.0 Å². The molecule has 6 rings (SSSR count). The monoisotopic (exact) mass is 486 g/mol. The van der Waals surface area contributed by atoms with E-state index < -0.39 is 0 Å². The molecule has 0 saturated carbocycles. The Bertz CT molecular complexity index is 1700. The number of aromatic nitrogens is 3. The fourth-order valence-electron chi connectivity index (χ4n) is 4.29. The Kier molecular flexibility index (Phi) is 5.71. The molecule has 0 bridgehead atoms. The Morgan fingerprint density at radius 3 is 2.53 bits per heavy atom. The van der Waals surface area contributed by atoms with E-state index >= 15 is 0 Å². The number of nitrogens with zero attached hydrogens (tertiary/aromatic N) is 4. The SMILES string of the molecule is Cc1ccc2nc(N(Cc3cccnc3)C(=O)c3cc(-c4ccccc4)nc4ccccc34)sc2c1. The fraction of sp³-hybridized carbons (Fsp3) is 0.0667. The third-order valence-electron chi connectivity index (χ3n) is 6.09. The standard InChI is InChI=1S/C30H22N4OS/c1-20-13-14-26-28(16-20)36-30(33-26)34(19-21-8-7-15-31-18-21)29(35)24-17-27(22-9-3-2-4-10-22)32-25-12-6-5-11-23(24)25/h2-18H,19H2,1H3. The Morgan fingerprint density at radius 2 is 1.69 bits per heavy atom. The zero-order valence-corrected chi connectivity index (χ0v) is 20.4. The van der Waals surface area contributed by atoms with Gasteiger partial charge in [0.15, 0.2) is 5.13 Å². The highest BCUT2D eigenvalue weighted by Gasteiger charge is 2.24. The van der Waals surface area contributed by atoms with Crippen molar-refractivity contribution in [1.29, 1.82) is 0 Å². The largest absolute Gasteiger partial charge is 0.279 e. The molecule has 0 unspecified atom stereocenters. The van der Waals surface area contributed by atoms with Crippen molar-refractivity contribution in [2.75, 3.05) is 4.90 Å². The van der Waals surface area contributed by atoms with E-state index in [1.54, 1.807) is 17.3 Å². The van der Waals surface area contributed by atoms with Gasteiger partial charge in [-0.2, -0.15) is 0 Å². The van der Waals surface area contributed by atoms with Crippen LogP contribution in [0.2, 0.25) is 0 Å². The molecule has 3 aromatic carbocycles. The highest BCUT2D eigenvalue weighted by atomic mass is 32.1. The lowest BCUT2D eigenvalue weighted by Gasteiger charge is -2.21. The van der Waals surface area contributed by atoms with Crippen molar-refractivity contribution >= 4 is 43.5 Å². The summed E-state index contributed by atoms with van der Waals surface area (Å²) < 4.78 is 1.05. The van der Waals surface area contributed by atoms with Crippen molar-refractivity contribution in [3.63, 3.8) is 0 Å². The van der Waals surface area contributed by atoms with Crippen LogP contribution in [-0.2, 0) is 6.54 Å². The van der Waals surface area contributed by atoms with Gasteiger partial charge in [-0.05, 0) is 48.4 Å². The predicted octanol–water partition coefficient (Wildman–Crippen LogP) is 7.06. The number of carbonyl (C=O) groups is 1. The molecule has 0 aliphatic heterocycles. The van der Waals surface area contributed by atoms with E-state index in [0.717, 1.165) is 43.5 Å². The molecule has 3 heterocycles. The molecular formula is C30H22N4OS. The van der Waals surface area contributed by atoms with Crippen LogP contribution in [0, 0.1) is 6.92 Å². The van der Waals surface area contributed by atoms with Crippen molar-refractivity contribution < 1.29 is 4.79 Å². The van der Waals surface area contributed by atoms with Crippen LogP contribution in [0.3, 0.4) is 0 Å². The molecule has 0 spiro atoms. The first-order valence-electron chi connectivity index (χ1n) is 11.7. The Hall–Kier alpha value is -4.42. The third-order valence-corrected chi connectivity index (χ3v) is 7.13. The summed E-state index contributed by atoms with van der Waals surface area (Å²) in [5, 5.41) is 1.47. The molecule has 5 nitrogen and oxygen atoms in total. The summed E-state index contributed by atoms with van der Waals surface area (Å²) in [6.07, 6.45) is 3.52. The number of pyridine rings is 2. The molecule has 36 heavy (non-hydrogen) atoms. The second-order valence-electron chi connectivity index (χ2n) is 8.66. The smallest absolute Gasteiger partial charge is 0.261 e. The average Bonchev–Trinajstić information content (AvgIpc) is 3.34. The molecule has 6 heteroatoms. The van der Waals surface area contributed by atoms with Gasteiger partial charge in [0.05, 0.1) is 33.5 Å². The number of para-hydroxylation sites is 1. The van der Waals surface area contributed by atoms with Gasteiger partial charge in [0.1, 0.15) is 0 Å². The Balaban J connectivity index is 1.52. The zero-order valence-electron chi connectivity index (χ0n) is 19.6. The Labute approximate surface area is 212 Å². The van der Waals surface area contributed by atoms with E-state index in [9.17, 15) is 4.79 Å². The summed E-state index contributed by atoms with van der Waals surface area (Å²) in [7, 11) is 0. The van der Waals surface area contributed by atoms with Crippen LogP contribution >= 0.6 is 11.3 Å². The highest BCUT2D eigenvalue weighted by molar-refractivity contribution is 7.22. The van der Waals surface area contributed by atoms with Crippen LogP contribution in [0.5, 0.6) is 0 Å². The van der Waals surface area contributed by atoms with E-state index in [-0.39, 0.29) is 5.91 Å². The van der Waals surface area contributed by atoms with Gasteiger partial charge in [-0.1, -0.05) is 72.0 Å². The minimum absolute atomic E-state index is 0.120. The van der Waals surface area contributed by atoms with Gasteiger partial charge in [0.2, 0.25) is 0 Å². The molecule has 1 amide bonds. The quantitative estimate of drug-likeness (QED) is 0.262. The van der Waals surface area contributed by atoms with E-state index in [2.05, 4.69) is 18.0 Å². The molecule has 6 aromatic rings. The van der Waals surface area contributed by atoms with Crippen LogP contribution in [0.25, 0.3) is 32.4 Å². The van der Waals surface area contributed by atoms with E-state index in [4.69, 9.17) is 9.97 Å². The first-order chi connectivity index (χ1) is 17.7. The number of rotatable bonds is 5. The maximum atomic E-state index is 14.3. The molecule has 174 valence electrons. The lowest BCUT2D eigenvalue weighted by Crippen LogP contribution is -2.30. The normalized spacial score (nSPS) is 11.1. The first kappa shape index (κ1) is 22.1. The third kappa shape index (κ3) is 4.23. The van der Waals surface area contributed by atoms with Gasteiger partial charge >= 0.3 is 0 Å². The lowest BCUT2D eigenvalue weighted by atomic mass is 10.0. The molecule has 0 saturated heterocycles. The van der Waals surface area contributed by atoms with Gasteiger partial charge in [-0.15, -0.1) is 0 Å². The molecule has 3 aromatic heterocycles. The molecule has 0 aliphatic carbocycles. The van der Waals surface area contributed by atoms with Gasteiger partial charge in [0.25, 0.3) is 5.91 Å². The molecule has 0 aliphatic rings. The predicted molar refractivity (Wildman–Crippen MR) is 146 cm³/mol. The number of benzene rings is 3. The van der Waals surface area contributed by atoms with Crippen molar-refractivity contribution in [2.45, 2.75) is 13.5 Å². The van der Waals surface area contributed by atoms with Crippen LogP contribution in [0.15, 0.2) is 103 Å². The summed E-state index contributed by atoms with van der Waals surface area (Å²) in [4.78, 5) is 30.0. The highest BCUT2D eigenvalue weighted by Crippen LogP contribution is 2.33. The second kappa shape index (κ2) is 9.32. The van der Waals surface area contributed by atoms with Crippen LogP contribution in [0.4, 0.5) is 5.13 Å². The number of hydrogen-bond donors (Lipinski definition) is 0. The van der Waals surface area contributed by atoms with E-state index in [1.165, 1.54) is 11.3 Å². The van der Waals surface area contributed by atoms with Gasteiger partial charge in [-0.25, -0.2) is 9.97 Å². The summed E-state index contributed by atoms with van der Waals surface area (Å²) in [5.41, 5.74) is 6.08. The van der Waals surface area contributed by atoms with Crippen LogP contribution in [-0.4, -0.2) is 20.9 Å². The maximum Gasteiger partial charge on any atom is 0.261 e.